The lowest BCUT2D eigenvalue weighted by molar-refractivity contribution is -0.154. The molecule has 1 rings (SSSR count). The normalized spacial score (nSPS) is 19.9. The maximum atomic E-state index is 11.5. The third-order valence-corrected chi connectivity index (χ3v) is 1.78. The van der Waals surface area contributed by atoms with Crippen LogP contribution in [0, 0.1) is 5.92 Å². The molecule has 0 unspecified atom stereocenters. The molecule has 3 heteroatoms. The molecule has 0 aromatic carbocycles. The summed E-state index contributed by atoms with van der Waals surface area (Å²) in [5.74, 6) is 0.706. The number of ether oxygens (including phenoxy) is 2. The van der Waals surface area contributed by atoms with Crippen LogP contribution in [0.1, 0.15) is 33.6 Å². The molecule has 1 radical (unpaired) electrons. The van der Waals surface area contributed by atoms with Crippen molar-refractivity contribution in [3.63, 3.8) is 0 Å². The highest BCUT2D eigenvalue weighted by Gasteiger charge is 2.27. The van der Waals surface area contributed by atoms with Crippen molar-refractivity contribution in [1.82, 2.24) is 0 Å². The Morgan fingerprint density at radius 1 is 1.31 bits per heavy atom. The fraction of sp³-hybridized carbons (Fsp3) is 0.800. The maximum Gasteiger partial charge on any atom is 0.313 e. The standard InChI is InChI=1S/C10H17O3/c1-10(2,3)13-9(11)8-4-6-12-7-5-8/h4-7H2,1-3H3. The number of esters is 1. The molecular formula is C10H17O3. The zero-order valence-electron chi connectivity index (χ0n) is 8.55. The Hall–Kier alpha value is -0.570. The smallest absolute Gasteiger partial charge is 0.313 e. The van der Waals surface area contributed by atoms with Crippen LogP contribution < -0.4 is 0 Å². The summed E-state index contributed by atoms with van der Waals surface area (Å²) in [6.07, 6.45) is 1.43. The highest BCUT2D eigenvalue weighted by molar-refractivity contribution is 5.85. The van der Waals surface area contributed by atoms with E-state index in [1.807, 2.05) is 20.8 Å². The van der Waals surface area contributed by atoms with E-state index in [-0.39, 0.29) is 11.6 Å². The number of hydrogen-bond donors (Lipinski definition) is 0. The minimum absolute atomic E-state index is 0.157. The molecule has 0 spiro atoms. The average Bonchev–Trinajstić information content (AvgIpc) is 2.03. The predicted molar refractivity (Wildman–Crippen MR) is 49.1 cm³/mol. The summed E-state index contributed by atoms with van der Waals surface area (Å²) in [6.45, 7) is 6.93. The van der Waals surface area contributed by atoms with Crippen molar-refractivity contribution in [2.24, 2.45) is 0 Å². The third-order valence-electron chi connectivity index (χ3n) is 1.78. The molecule has 0 atom stereocenters. The first kappa shape index (κ1) is 10.5. The Morgan fingerprint density at radius 3 is 2.31 bits per heavy atom. The van der Waals surface area contributed by atoms with Gasteiger partial charge in [-0.1, -0.05) is 0 Å². The van der Waals surface area contributed by atoms with Gasteiger partial charge < -0.3 is 9.47 Å². The summed E-state index contributed by atoms with van der Waals surface area (Å²) in [5.41, 5.74) is -0.387. The summed E-state index contributed by atoms with van der Waals surface area (Å²) in [4.78, 5) is 11.5. The van der Waals surface area contributed by atoms with Gasteiger partial charge in [0.05, 0.1) is 5.92 Å². The van der Waals surface area contributed by atoms with Crippen LogP contribution >= 0.6 is 0 Å². The topological polar surface area (TPSA) is 35.5 Å². The molecule has 0 amide bonds. The van der Waals surface area contributed by atoms with Crippen LogP contribution in [0.4, 0.5) is 0 Å². The van der Waals surface area contributed by atoms with Gasteiger partial charge in [0.1, 0.15) is 5.60 Å². The van der Waals surface area contributed by atoms with Gasteiger partial charge in [0, 0.05) is 13.2 Å². The van der Waals surface area contributed by atoms with Crippen LogP contribution in [0.5, 0.6) is 0 Å². The second kappa shape index (κ2) is 4.09. The van der Waals surface area contributed by atoms with Crippen LogP contribution in [0.2, 0.25) is 0 Å². The third kappa shape index (κ3) is 3.77. The van der Waals surface area contributed by atoms with Crippen LogP contribution in [-0.2, 0) is 14.3 Å². The first-order valence-electron chi connectivity index (χ1n) is 4.65. The Kier molecular flexibility index (Phi) is 3.31. The van der Waals surface area contributed by atoms with Crippen LogP contribution in [0.3, 0.4) is 0 Å². The summed E-state index contributed by atoms with van der Waals surface area (Å²) >= 11 is 0. The SMILES string of the molecule is CC(C)(C)OC(=O)[C]1CCOCC1. The van der Waals surface area contributed by atoms with E-state index < -0.39 is 0 Å². The van der Waals surface area contributed by atoms with E-state index in [0.29, 0.717) is 13.2 Å². The maximum absolute atomic E-state index is 11.5. The molecule has 1 saturated heterocycles. The van der Waals surface area contributed by atoms with Crippen molar-refractivity contribution in [3.8, 4) is 0 Å². The van der Waals surface area contributed by atoms with E-state index >= 15 is 0 Å². The van der Waals surface area contributed by atoms with Gasteiger partial charge in [-0.2, -0.15) is 0 Å². The minimum Gasteiger partial charge on any atom is -0.460 e. The number of carbonyl (C=O) groups excluding carboxylic acids is 1. The highest BCUT2D eigenvalue weighted by Crippen LogP contribution is 2.21. The molecule has 3 nitrogen and oxygen atoms in total. The number of rotatable bonds is 1. The van der Waals surface area contributed by atoms with Crippen LogP contribution in [0.15, 0.2) is 0 Å². The first-order chi connectivity index (χ1) is 5.99. The second-order valence-corrected chi connectivity index (χ2v) is 4.22. The van der Waals surface area contributed by atoms with Crippen molar-refractivity contribution in [2.45, 2.75) is 39.2 Å². The molecule has 1 aliphatic heterocycles. The fourth-order valence-corrected chi connectivity index (χ4v) is 1.17. The van der Waals surface area contributed by atoms with E-state index in [2.05, 4.69) is 0 Å². The lowest BCUT2D eigenvalue weighted by Gasteiger charge is -2.25. The molecule has 1 heterocycles. The molecule has 1 aliphatic rings. The molecule has 0 aromatic heterocycles. The van der Waals surface area contributed by atoms with E-state index in [1.54, 1.807) is 0 Å². The molecule has 1 fully saturated rings. The van der Waals surface area contributed by atoms with Crippen molar-refractivity contribution in [3.05, 3.63) is 5.92 Å². The molecule has 0 bridgehead atoms. The van der Waals surface area contributed by atoms with Gasteiger partial charge >= 0.3 is 5.97 Å². The van der Waals surface area contributed by atoms with Gasteiger partial charge in [0.25, 0.3) is 0 Å². The fourth-order valence-electron chi connectivity index (χ4n) is 1.17. The van der Waals surface area contributed by atoms with Gasteiger partial charge in [0.2, 0.25) is 0 Å². The molecule has 0 N–H and O–H groups in total. The van der Waals surface area contributed by atoms with E-state index in [4.69, 9.17) is 9.47 Å². The zero-order valence-corrected chi connectivity index (χ0v) is 8.55. The van der Waals surface area contributed by atoms with Gasteiger partial charge in [0.15, 0.2) is 0 Å². The molecule has 0 aromatic rings. The monoisotopic (exact) mass is 185 g/mol. The summed E-state index contributed by atoms with van der Waals surface area (Å²) < 4.78 is 10.4. The molecule has 13 heavy (non-hydrogen) atoms. The predicted octanol–water partition coefficient (Wildman–Crippen LogP) is 1.71. The Labute approximate surface area is 79.4 Å². The second-order valence-electron chi connectivity index (χ2n) is 4.22. The Balaban J connectivity index is 2.38. The van der Waals surface area contributed by atoms with Crippen molar-refractivity contribution < 1.29 is 14.3 Å². The lowest BCUT2D eigenvalue weighted by atomic mass is 10.0. The van der Waals surface area contributed by atoms with Gasteiger partial charge in [-0.15, -0.1) is 0 Å². The molecule has 0 saturated carbocycles. The summed E-state index contributed by atoms with van der Waals surface area (Å²) in [6, 6.07) is 0. The largest absolute Gasteiger partial charge is 0.460 e. The molecule has 75 valence electrons. The molecule has 0 aliphatic carbocycles. The first-order valence-corrected chi connectivity index (χ1v) is 4.65. The minimum atomic E-state index is -0.387. The summed E-state index contributed by atoms with van der Waals surface area (Å²) in [7, 11) is 0. The summed E-state index contributed by atoms with van der Waals surface area (Å²) in [5, 5.41) is 0. The molecular weight excluding hydrogens is 168 g/mol. The van der Waals surface area contributed by atoms with Crippen molar-refractivity contribution in [2.75, 3.05) is 13.2 Å². The van der Waals surface area contributed by atoms with Crippen molar-refractivity contribution in [1.29, 1.82) is 0 Å². The van der Waals surface area contributed by atoms with Crippen LogP contribution in [0.25, 0.3) is 0 Å². The number of carbonyl (C=O) groups is 1. The quantitative estimate of drug-likeness (QED) is 0.583. The van der Waals surface area contributed by atoms with Crippen molar-refractivity contribution >= 4 is 5.97 Å². The van der Waals surface area contributed by atoms with E-state index in [1.165, 1.54) is 0 Å². The van der Waals surface area contributed by atoms with E-state index in [9.17, 15) is 4.79 Å². The van der Waals surface area contributed by atoms with Crippen LogP contribution in [-0.4, -0.2) is 24.8 Å². The number of hydrogen-bond acceptors (Lipinski definition) is 3. The van der Waals surface area contributed by atoms with Gasteiger partial charge in [-0.25, -0.2) is 0 Å². The average molecular weight is 185 g/mol. The highest BCUT2D eigenvalue weighted by atomic mass is 16.6. The van der Waals surface area contributed by atoms with Gasteiger partial charge in [-0.05, 0) is 33.6 Å². The van der Waals surface area contributed by atoms with Gasteiger partial charge in [-0.3, -0.25) is 4.79 Å². The Bertz CT molecular complexity index is 175. The Morgan fingerprint density at radius 2 is 1.85 bits per heavy atom. The zero-order chi connectivity index (χ0) is 9.90. The van der Waals surface area contributed by atoms with E-state index in [0.717, 1.165) is 18.8 Å². The lowest BCUT2D eigenvalue weighted by Crippen LogP contribution is -2.30.